The van der Waals surface area contributed by atoms with Gasteiger partial charge in [-0.3, -0.25) is 9.78 Å². The van der Waals surface area contributed by atoms with E-state index in [4.69, 9.17) is 4.52 Å². The second kappa shape index (κ2) is 6.25. The van der Waals surface area contributed by atoms with Crippen LogP contribution in [-0.2, 0) is 0 Å². The lowest BCUT2D eigenvalue weighted by molar-refractivity contribution is 0.0561. The average Bonchev–Trinajstić information content (AvgIpc) is 3.05. The van der Waals surface area contributed by atoms with Gasteiger partial charge in [0.15, 0.2) is 5.82 Å². The first-order valence-corrected chi connectivity index (χ1v) is 7.71. The smallest absolute Gasteiger partial charge is 0.254 e. The average molecular weight is 300 g/mol. The van der Waals surface area contributed by atoms with Crippen LogP contribution in [0.5, 0.6) is 0 Å². The molecule has 0 N–H and O–H groups in total. The highest BCUT2D eigenvalue weighted by atomic mass is 16.5. The van der Waals surface area contributed by atoms with E-state index in [0.29, 0.717) is 23.8 Å². The van der Waals surface area contributed by atoms with E-state index in [1.807, 2.05) is 18.7 Å². The van der Waals surface area contributed by atoms with Crippen molar-refractivity contribution in [1.29, 1.82) is 0 Å². The molecule has 6 nitrogen and oxygen atoms in total. The summed E-state index contributed by atoms with van der Waals surface area (Å²) in [6.45, 7) is 4.76. The van der Waals surface area contributed by atoms with Crippen molar-refractivity contribution in [3.8, 4) is 0 Å². The maximum atomic E-state index is 12.7. The Labute approximate surface area is 129 Å². The highest BCUT2D eigenvalue weighted by Gasteiger charge is 2.32. The largest absolute Gasteiger partial charge is 0.337 e. The van der Waals surface area contributed by atoms with Crippen molar-refractivity contribution in [2.45, 2.75) is 45.1 Å². The van der Waals surface area contributed by atoms with Gasteiger partial charge < -0.3 is 9.42 Å². The van der Waals surface area contributed by atoms with Crippen LogP contribution in [0.25, 0.3) is 0 Å². The molecule has 1 saturated heterocycles. The van der Waals surface area contributed by atoms with Crippen molar-refractivity contribution in [2.75, 3.05) is 6.54 Å². The van der Waals surface area contributed by atoms with E-state index < -0.39 is 0 Å². The minimum atomic E-state index is -0.130. The summed E-state index contributed by atoms with van der Waals surface area (Å²) in [5, 5.41) is 4.02. The normalized spacial score (nSPS) is 18.7. The van der Waals surface area contributed by atoms with Gasteiger partial charge in [-0.25, -0.2) is 0 Å². The van der Waals surface area contributed by atoms with Gasteiger partial charge in [0, 0.05) is 30.4 Å². The number of aromatic nitrogens is 3. The lowest BCUT2D eigenvalue weighted by Crippen LogP contribution is -2.38. The Bertz CT molecular complexity index is 639. The predicted octanol–water partition coefficient (Wildman–Crippen LogP) is 2.96. The second-order valence-electron chi connectivity index (χ2n) is 5.89. The fourth-order valence-corrected chi connectivity index (χ4v) is 2.71. The molecule has 1 aliphatic rings. The van der Waals surface area contributed by atoms with Crippen LogP contribution in [0.3, 0.4) is 0 Å². The van der Waals surface area contributed by atoms with Gasteiger partial charge in [0.1, 0.15) is 6.04 Å². The monoisotopic (exact) mass is 300 g/mol. The molecule has 1 amide bonds. The van der Waals surface area contributed by atoms with Gasteiger partial charge in [-0.15, -0.1) is 0 Å². The summed E-state index contributed by atoms with van der Waals surface area (Å²) in [4.78, 5) is 23.0. The van der Waals surface area contributed by atoms with E-state index in [2.05, 4.69) is 15.1 Å². The van der Waals surface area contributed by atoms with Gasteiger partial charge in [0.2, 0.25) is 5.89 Å². The van der Waals surface area contributed by atoms with Crippen LogP contribution in [0, 0.1) is 0 Å². The number of hydrogen-bond acceptors (Lipinski definition) is 5. The van der Waals surface area contributed by atoms with E-state index in [0.717, 1.165) is 19.3 Å². The summed E-state index contributed by atoms with van der Waals surface area (Å²) < 4.78 is 5.41. The molecule has 1 atom stereocenters. The van der Waals surface area contributed by atoms with Crippen molar-refractivity contribution >= 4 is 5.91 Å². The molecule has 116 valence electrons. The third kappa shape index (κ3) is 2.86. The molecule has 0 bridgehead atoms. The van der Waals surface area contributed by atoms with Crippen molar-refractivity contribution < 1.29 is 9.32 Å². The minimum absolute atomic E-state index is 0.00334. The molecular weight excluding hydrogens is 280 g/mol. The van der Waals surface area contributed by atoms with E-state index >= 15 is 0 Å². The van der Waals surface area contributed by atoms with Crippen LogP contribution in [-0.4, -0.2) is 32.5 Å². The van der Waals surface area contributed by atoms with E-state index in [1.165, 1.54) is 0 Å². The van der Waals surface area contributed by atoms with E-state index in [9.17, 15) is 4.79 Å². The molecule has 0 radical (unpaired) electrons. The van der Waals surface area contributed by atoms with Crippen molar-refractivity contribution in [3.63, 3.8) is 0 Å². The van der Waals surface area contributed by atoms with Crippen LogP contribution in [0.15, 0.2) is 29.0 Å². The van der Waals surface area contributed by atoms with Gasteiger partial charge in [-0.1, -0.05) is 19.0 Å². The van der Waals surface area contributed by atoms with Crippen LogP contribution >= 0.6 is 0 Å². The maximum absolute atomic E-state index is 12.7. The molecule has 0 saturated carbocycles. The van der Waals surface area contributed by atoms with Crippen LogP contribution in [0.4, 0.5) is 0 Å². The Balaban J connectivity index is 1.86. The number of nitrogens with zero attached hydrogens (tertiary/aromatic N) is 4. The molecular formula is C16H20N4O2. The number of amides is 1. The first-order chi connectivity index (χ1) is 10.7. The standard InChI is InChI=1S/C16H20N4O2/c1-11(2)14-18-15(22-19-14)13-5-3-4-10-20(13)16(21)12-6-8-17-9-7-12/h6-9,11,13H,3-5,10H2,1-2H3. The summed E-state index contributed by atoms with van der Waals surface area (Å²) in [6, 6.07) is 3.34. The summed E-state index contributed by atoms with van der Waals surface area (Å²) in [6.07, 6.45) is 6.19. The zero-order valence-electron chi connectivity index (χ0n) is 12.9. The molecule has 1 unspecified atom stereocenters. The predicted molar refractivity (Wildman–Crippen MR) is 80.3 cm³/mol. The molecule has 3 rings (SSSR count). The Morgan fingerprint density at radius 3 is 2.77 bits per heavy atom. The zero-order valence-corrected chi connectivity index (χ0v) is 12.9. The zero-order chi connectivity index (χ0) is 15.5. The number of hydrogen-bond donors (Lipinski definition) is 0. The molecule has 0 aliphatic carbocycles. The van der Waals surface area contributed by atoms with E-state index in [-0.39, 0.29) is 17.9 Å². The van der Waals surface area contributed by atoms with Gasteiger partial charge >= 0.3 is 0 Å². The third-order valence-corrected chi connectivity index (χ3v) is 3.95. The highest BCUT2D eigenvalue weighted by molar-refractivity contribution is 5.94. The third-order valence-electron chi connectivity index (χ3n) is 3.95. The summed E-state index contributed by atoms with van der Waals surface area (Å²) in [7, 11) is 0. The summed E-state index contributed by atoms with van der Waals surface area (Å²) >= 11 is 0. The van der Waals surface area contributed by atoms with Crippen molar-refractivity contribution in [3.05, 3.63) is 41.8 Å². The summed E-state index contributed by atoms with van der Waals surface area (Å²) in [5.41, 5.74) is 0.644. The molecule has 1 fully saturated rings. The van der Waals surface area contributed by atoms with Gasteiger partial charge in [-0.2, -0.15) is 4.98 Å². The Morgan fingerprint density at radius 1 is 1.32 bits per heavy atom. The Morgan fingerprint density at radius 2 is 2.09 bits per heavy atom. The van der Waals surface area contributed by atoms with Crippen LogP contribution < -0.4 is 0 Å². The number of rotatable bonds is 3. The van der Waals surface area contributed by atoms with Crippen LogP contribution in [0.1, 0.15) is 67.1 Å². The first kappa shape index (κ1) is 14.7. The SMILES string of the molecule is CC(C)c1noc(C2CCCCN2C(=O)c2ccncc2)n1. The number of pyridine rings is 1. The Kier molecular flexibility index (Phi) is 4.18. The van der Waals surface area contributed by atoms with Crippen molar-refractivity contribution in [2.24, 2.45) is 0 Å². The fourth-order valence-electron chi connectivity index (χ4n) is 2.71. The van der Waals surface area contributed by atoms with Gasteiger partial charge in [-0.05, 0) is 31.4 Å². The fraction of sp³-hybridized carbons (Fsp3) is 0.500. The van der Waals surface area contributed by atoms with Crippen molar-refractivity contribution in [1.82, 2.24) is 20.0 Å². The number of carbonyl (C=O) groups excluding carboxylic acids is 1. The molecule has 2 aromatic rings. The molecule has 0 spiro atoms. The Hall–Kier alpha value is -2.24. The number of piperidine rings is 1. The number of carbonyl (C=O) groups is 1. The van der Waals surface area contributed by atoms with E-state index in [1.54, 1.807) is 24.5 Å². The molecule has 3 heterocycles. The minimum Gasteiger partial charge on any atom is -0.337 e. The molecule has 2 aromatic heterocycles. The van der Waals surface area contributed by atoms with Gasteiger partial charge in [0.05, 0.1) is 0 Å². The second-order valence-corrected chi connectivity index (χ2v) is 5.89. The van der Waals surface area contributed by atoms with Crippen LogP contribution in [0.2, 0.25) is 0 Å². The molecule has 6 heteroatoms. The highest BCUT2D eigenvalue weighted by Crippen LogP contribution is 2.31. The summed E-state index contributed by atoms with van der Waals surface area (Å²) in [5.74, 6) is 1.45. The molecule has 0 aromatic carbocycles. The lowest BCUT2D eigenvalue weighted by atomic mass is 10.0. The topological polar surface area (TPSA) is 72.1 Å². The molecule has 22 heavy (non-hydrogen) atoms. The van der Waals surface area contributed by atoms with Gasteiger partial charge in [0.25, 0.3) is 5.91 Å². The molecule has 1 aliphatic heterocycles. The lowest BCUT2D eigenvalue weighted by Gasteiger charge is -2.33. The number of likely N-dealkylation sites (tertiary alicyclic amines) is 1. The quantitative estimate of drug-likeness (QED) is 0.871. The maximum Gasteiger partial charge on any atom is 0.254 e. The first-order valence-electron chi connectivity index (χ1n) is 7.71.